The van der Waals surface area contributed by atoms with Crippen LogP contribution in [0.4, 0.5) is 0 Å². The fraction of sp³-hybridized carbons (Fsp3) is 0.654. The maximum atomic E-state index is 2.37. The molecule has 0 heteroatoms. The summed E-state index contributed by atoms with van der Waals surface area (Å²) < 4.78 is 0. The second-order valence-electron chi connectivity index (χ2n) is 12.0. The van der Waals surface area contributed by atoms with Crippen LogP contribution < -0.4 is 0 Å². The van der Waals surface area contributed by atoms with Crippen molar-refractivity contribution in [1.82, 2.24) is 0 Å². The molecule has 0 bridgehead atoms. The van der Waals surface area contributed by atoms with E-state index in [9.17, 15) is 0 Å². The van der Waals surface area contributed by atoms with Gasteiger partial charge in [0.05, 0.1) is 0 Å². The highest BCUT2D eigenvalue weighted by Crippen LogP contribution is 2.31. The van der Waals surface area contributed by atoms with E-state index in [4.69, 9.17) is 0 Å². The van der Waals surface area contributed by atoms with Crippen LogP contribution in [0.5, 0.6) is 0 Å². The van der Waals surface area contributed by atoms with Gasteiger partial charge in [0, 0.05) is 0 Å². The average molecular weight is 727 g/mol. The summed E-state index contributed by atoms with van der Waals surface area (Å²) in [6, 6.07) is 0. The van der Waals surface area contributed by atoms with Crippen LogP contribution in [0.2, 0.25) is 0 Å². The van der Waals surface area contributed by atoms with Gasteiger partial charge < -0.3 is 0 Å². The van der Waals surface area contributed by atoms with Crippen molar-refractivity contribution in [1.29, 1.82) is 0 Å². The summed E-state index contributed by atoms with van der Waals surface area (Å²) in [6.45, 7) is 40.2. The van der Waals surface area contributed by atoms with E-state index in [1.54, 1.807) is 22.3 Å². The second kappa shape index (κ2) is 53.0. The molecule has 52 heavy (non-hydrogen) atoms. The van der Waals surface area contributed by atoms with E-state index in [2.05, 4.69) is 135 Å². The first-order chi connectivity index (χ1) is 23.7. The first-order valence-electron chi connectivity index (χ1n) is 20.8. The first kappa shape index (κ1) is 67.8. The van der Waals surface area contributed by atoms with Crippen LogP contribution in [0, 0.1) is 17.8 Å². The lowest BCUT2D eigenvalue weighted by atomic mass is 9.84. The van der Waals surface area contributed by atoms with Crippen molar-refractivity contribution < 1.29 is 0 Å². The topological polar surface area (TPSA) is 0 Å². The molecule has 0 aromatic carbocycles. The van der Waals surface area contributed by atoms with Gasteiger partial charge in [0.2, 0.25) is 0 Å². The predicted molar refractivity (Wildman–Crippen MR) is 256 cm³/mol. The molecular weight excluding hydrogens is 625 g/mol. The molecule has 2 rings (SSSR count). The summed E-state index contributed by atoms with van der Waals surface area (Å²) in [7, 11) is 0. The Hall–Kier alpha value is -2.34. The highest BCUT2D eigenvalue weighted by molar-refractivity contribution is 5.35. The van der Waals surface area contributed by atoms with Gasteiger partial charge in [-0.3, -0.25) is 0 Å². The fourth-order valence-electron chi connectivity index (χ4n) is 5.26. The molecule has 0 heterocycles. The first-order valence-corrected chi connectivity index (χ1v) is 20.8. The molecule has 0 amide bonds. The summed E-state index contributed by atoms with van der Waals surface area (Å²) in [5.41, 5.74) is 8.84. The van der Waals surface area contributed by atoms with Gasteiger partial charge in [0.15, 0.2) is 0 Å². The van der Waals surface area contributed by atoms with Crippen molar-refractivity contribution in [2.45, 2.75) is 212 Å². The zero-order valence-corrected chi connectivity index (χ0v) is 37.0. The van der Waals surface area contributed by atoms with Gasteiger partial charge in [-0.15, -0.1) is 0 Å². The normalized spacial score (nSPS) is 17.6. The number of allylic oxidation sites excluding steroid dienone is 18. The molecule has 2 aliphatic carbocycles. The molecule has 310 valence electrons. The van der Waals surface area contributed by atoms with Crippen LogP contribution >= 0.6 is 0 Å². The number of hydrogen-bond acceptors (Lipinski definition) is 0. The number of rotatable bonds is 11. The molecule has 2 aliphatic rings. The molecule has 0 saturated heterocycles. The van der Waals surface area contributed by atoms with Crippen LogP contribution in [0.3, 0.4) is 0 Å². The highest BCUT2D eigenvalue weighted by atomic mass is 14.2. The summed E-state index contributed by atoms with van der Waals surface area (Å²) >= 11 is 0. The van der Waals surface area contributed by atoms with Crippen LogP contribution in [-0.2, 0) is 0 Å². The monoisotopic (exact) mass is 727 g/mol. The molecule has 0 aliphatic heterocycles. The average Bonchev–Trinajstić information content (AvgIpc) is 3.12. The van der Waals surface area contributed by atoms with Gasteiger partial charge in [-0.05, 0) is 108 Å². The van der Waals surface area contributed by atoms with Crippen LogP contribution in [-0.4, -0.2) is 0 Å². The van der Waals surface area contributed by atoms with E-state index in [0.29, 0.717) is 11.8 Å². The maximum absolute atomic E-state index is 2.37. The van der Waals surface area contributed by atoms with Crippen LogP contribution in [0.1, 0.15) is 212 Å². The Morgan fingerprint density at radius 1 is 0.615 bits per heavy atom. The summed E-state index contributed by atoms with van der Waals surface area (Å²) in [6.07, 6.45) is 38.5. The molecule has 0 fully saturated rings. The van der Waals surface area contributed by atoms with Crippen molar-refractivity contribution in [3.05, 3.63) is 106 Å². The van der Waals surface area contributed by atoms with Gasteiger partial charge in [-0.25, -0.2) is 0 Å². The molecule has 0 aromatic heterocycles. The van der Waals surface area contributed by atoms with E-state index >= 15 is 0 Å². The summed E-state index contributed by atoms with van der Waals surface area (Å²) in [4.78, 5) is 0. The Morgan fingerprint density at radius 2 is 1.02 bits per heavy atom. The smallest absolute Gasteiger partial charge is 0.0166 e. The molecule has 0 N–H and O–H groups in total. The molecule has 0 radical (unpaired) electrons. The van der Waals surface area contributed by atoms with Gasteiger partial charge in [0.25, 0.3) is 0 Å². The molecule has 0 saturated carbocycles. The maximum Gasteiger partial charge on any atom is -0.0166 e. The van der Waals surface area contributed by atoms with Gasteiger partial charge >= 0.3 is 0 Å². The Labute approximate surface area is 334 Å². The fourth-order valence-corrected chi connectivity index (χ4v) is 5.26. The molecule has 3 atom stereocenters. The van der Waals surface area contributed by atoms with Crippen molar-refractivity contribution in [2.75, 3.05) is 0 Å². The lowest BCUT2D eigenvalue weighted by molar-refractivity contribution is 0.546. The Morgan fingerprint density at radius 3 is 1.46 bits per heavy atom. The van der Waals surface area contributed by atoms with Crippen LogP contribution in [0.15, 0.2) is 106 Å². The minimum Gasteiger partial charge on any atom is -0.0851 e. The van der Waals surface area contributed by atoms with E-state index in [1.165, 1.54) is 56.1 Å². The van der Waals surface area contributed by atoms with E-state index in [1.807, 2.05) is 69.2 Å². The SMILES string of the molecule is C.C.C.CC.CC.CC.CC.CC.CC1=C(/C=C/C/C=C/C(C)C/C=C/C=C(C)/C=C/C=C(C)/C=C/C2=C(C)CCCC2C)C(C)CCC1.CCC. The Bertz CT molecular complexity index is 979. The van der Waals surface area contributed by atoms with Gasteiger partial charge in [-0.2, -0.15) is 0 Å². The third-order valence-electron chi connectivity index (χ3n) is 7.71. The van der Waals surface area contributed by atoms with E-state index < -0.39 is 0 Å². The third-order valence-corrected chi connectivity index (χ3v) is 7.71. The molecular formula is C52H102. The standard InChI is InChI=1S/C36H52.C3H8.5C2H6.3CH4/c1-28(16-9-8-10-25-35-31(4)21-14-22-32(35)5)17-11-12-18-29(2)19-13-20-30(3)26-27-36-33(6)23-15-24-34(36)7;1-3-2;5*1-2;;;/h9-13,16,18-20,25-28,31,33H,8,14-15,17,21-24H2,1-7H3;3H2,1-2H3;5*1-2H3;3*1H4/b12-11+,16-9+,19-13+,25-10+,27-26+,29-18+,30-20+;;;;;;;;;. The van der Waals surface area contributed by atoms with E-state index in [0.717, 1.165) is 18.8 Å². The lowest BCUT2D eigenvalue weighted by Crippen LogP contribution is -2.06. The van der Waals surface area contributed by atoms with Gasteiger partial charge in [-0.1, -0.05) is 228 Å². The Balaban J connectivity index is -0.000000180. The van der Waals surface area contributed by atoms with Crippen molar-refractivity contribution >= 4 is 0 Å². The summed E-state index contributed by atoms with van der Waals surface area (Å²) in [5, 5.41) is 0. The highest BCUT2D eigenvalue weighted by Gasteiger charge is 2.15. The van der Waals surface area contributed by atoms with Crippen molar-refractivity contribution in [2.24, 2.45) is 17.8 Å². The number of hydrogen-bond donors (Lipinski definition) is 0. The van der Waals surface area contributed by atoms with Crippen LogP contribution in [0.25, 0.3) is 0 Å². The van der Waals surface area contributed by atoms with E-state index in [-0.39, 0.29) is 22.3 Å². The molecule has 0 nitrogen and oxygen atoms in total. The minimum atomic E-state index is 0. The lowest BCUT2D eigenvalue weighted by Gasteiger charge is -2.22. The third kappa shape index (κ3) is 38.9. The van der Waals surface area contributed by atoms with Gasteiger partial charge in [0.1, 0.15) is 0 Å². The Kier molecular flexibility index (Phi) is 69.1. The molecule has 0 spiro atoms. The second-order valence-corrected chi connectivity index (χ2v) is 12.0. The minimum absolute atomic E-state index is 0. The zero-order chi connectivity index (χ0) is 39.0. The van der Waals surface area contributed by atoms with Crippen molar-refractivity contribution in [3.63, 3.8) is 0 Å². The quantitative estimate of drug-likeness (QED) is 0.147. The molecule has 0 aromatic rings. The zero-order valence-electron chi connectivity index (χ0n) is 37.0. The molecule has 3 unspecified atom stereocenters. The largest absolute Gasteiger partial charge is 0.0851 e. The van der Waals surface area contributed by atoms with Crippen molar-refractivity contribution in [3.8, 4) is 0 Å². The summed E-state index contributed by atoms with van der Waals surface area (Å²) in [5.74, 6) is 1.99. The predicted octanol–water partition coefficient (Wildman–Crippen LogP) is 19.8.